The summed E-state index contributed by atoms with van der Waals surface area (Å²) in [7, 11) is 1.69. The quantitative estimate of drug-likeness (QED) is 0.770. The molecule has 0 aromatic heterocycles. The predicted octanol–water partition coefficient (Wildman–Crippen LogP) is 3.92. The Kier molecular flexibility index (Phi) is 6.60. The van der Waals surface area contributed by atoms with Crippen molar-refractivity contribution < 1.29 is 9.59 Å². The molecule has 0 aliphatic rings. The van der Waals surface area contributed by atoms with Crippen molar-refractivity contribution in [2.75, 3.05) is 18.9 Å². The molecule has 25 heavy (non-hydrogen) atoms. The highest BCUT2D eigenvalue weighted by molar-refractivity contribution is 6.31. The molecule has 0 saturated heterocycles. The van der Waals surface area contributed by atoms with Crippen LogP contribution in [0.4, 0.5) is 10.5 Å². The summed E-state index contributed by atoms with van der Waals surface area (Å²) < 4.78 is 0. The van der Waals surface area contributed by atoms with Crippen LogP contribution in [0.15, 0.2) is 61.2 Å². The summed E-state index contributed by atoms with van der Waals surface area (Å²) >= 11 is 6.11. The average Bonchev–Trinajstić information content (AvgIpc) is 2.62. The number of anilines is 1. The highest BCUT2D eigenvalue weighted by Crippen LogP contribution is 2.17. The third-order valence-corrected chi connectivity index (χ3v) is 3.89. The van der Waals surface area contributed by atoms with Gasteiger partial charge in [-0.1, -0.05) is 35.9 Å². The van der Waals surface area contributed by atoms with E-state index in [2.05, 4.69) is 17.2 Å². The molecule has 2 aromatic carbocycles. The Morgan fingerprint density at radius 1 is 1.16 bits per heavy atom. The first-order valence-corrected chi connectivity index (χ1v) is 8.13. The van der Waals surface area contributed by atoms with Crippen LogP contribution in [0.2, 0.25) is 5.02 Å². The van der Waals surface area contributed by atoms with Crippen LogP contribution >= 0.6 is 11.6 Å². The molecule has 0 radical (unpaired) electrons. The van der Waals surface area contributed by atoms with Crippen LogP contribution in [0.5, 0.6) is 0 Å². The lowest BCUT2D eigenvalue weighted by molar-refractivity contribution is 0.0958. The molecule has 0 aliphatic carbocycles. The summed E-state index contributed by atoms with van der Waals surface area (Å²) in [6.45, 7) is 4.35. The zero-order valence-corrected chi connectivity index (χ0v) is 14.7. The van der Waals surface area contributed by atoms with Crippen LogP contribution in [0.3, 0.4) is 0 Å². The van der Waals surface area contributed by atoms with E-state index in [0.717, 1.165) is 5.56 Å². The highest BCUT2D eigenvalue weighted by Gasteiger charge is 2.11. The minimum absolute atomic E-state index is 0.186. The number of amides is 3. The highest BCUT2D eigenvalue weighted by atomic mass is 35.5. The van der Waals surface area contributed by atoms with E-state index in [1.165, 1.54) is 4.90 Å². The van der Waals surface area contributed by atoms with Gasteiger partial charge >= 0.3 is 6.03 Å². The Morgan fingerprint density at radius 2 is 1.84 bits per heavy atom. The number of rotatable bonds is 6. The van der Waals surface area contributed by atoms with Crippen molar-refractivity contribution >= 4 is 29.2 Å². The zero-order valence-electron chi connectivity index (χ0n) is 14.0. The number of nitrogens with zero attached hydrogens (tertiary/aromatic N) is 1. The maximum absolute atomic E-state index is 12.3. The summed E-state index contributed by atoms with van der Waals surface area (Å²) in [5.41, 5.74) is 2.00. The zero-order chi connectivity index (χ0) is 18.2. The van der Waals surface area contributed by atoms with Gasteiger partial charge in [-0.25, -0.2) is 4.79 Å². The summed E-state index contributed by atoms with van der Waals surface area (Å²) in [4.78, 5) is 25.6. The molecule has 3 amide bonds. The van der Waals surface area contributed by atoms with Crippen molar-refractivity contribution in [3.05, 3.63) is 77.3 Å². The topological polar surface area (TPSA) is 61.4 Å². The predicted molar refractivity (Wildman–Crippen MR) is 101 cm³/mol. The van der Waals surface area contributed by atoms with E-state index >= 15 is 0 Å². The van der Waals surface area contributed by atoms with Gasteiger partial charge in [-0.2, -0.15) is 0 Å². The van der Waals surface area contributed by atoms with Gasteiger partial charge in [0.25, 0.3) is 5.91 Å². The minimum Gasteiger partial charge on any atom is -0.349 e. The molecule has 0 fully saturated rings. The first-order chi connectivity index (χ1) is 12.0. The smallest absolute Gasteiger partial charge is 0.321 e. The Morgan fingerprint density at radius 3 is 2.48 bits per heavy atom. The van der Waals surface area contributed by atoms with E-state index in [4.69, 9.17) is 11.6 Å². The molecule has 2 rings (SSSR count). The monoisotopic (exact) mass is 357 g/mol. The fourth-order valence-corrected chi connectivity index (χ4v) is 2.34. The number of benzene rings is 2. The Bertz CT molecular complexity index is 760. The molecular formula is C19H20ClN3O2. The molecule has 2 N–H and O–H groups in total. The van der Waals surface area contributed by atoms with E-state index in [-0.39, 0.29) is 11.9 Å². The van der Waals surface area contributed by atoms with Gasteiger partial charge in [-0.05, 0) is 35.9 Å². The van der Waals surface area contributed by atoms with E-state index < -0.39 is 0 Å². The molecule has 0 heterocycles. The SMILES string of the molecule is C=CCNC(=O)c1ccc(NC(=O)N(C)Cc2ccccc2Cl)cc1. The van der Waals surface area contributed by atoms with E-state index in [1.807, 2.05) is 18.2 Å². The summed E-state index contributed by atoms with van der Waals surface area (Å²) in [5.74, 6) is -0.186. The molecule has 5 nitrogen and oxygen atoms in total. The lowest BCUT2D eigenvalue weighted by Crippen LogP contribution is -2.31. The molecule has 0 aliphatic heterocycles. The minimum atomic E-state index is -0.260. The maximum atomic E-state index is 12.3. The molecular weight excluding hydrogens is 338 g/mol. The second-order valence-electron chi connectivity index (χ2n) is 5.45. The molecule has 0 unspecified atom stereocenters. The maximum Gasteiger partial charge on any atom is 0.321 e. The molecule has 0 saturated carbocycles. The normalized spacial score (nSPS) is 10.0. The van der Waals surface area contributed by atoms with Gasteiger partial charge in [0.1, 0.15) is 0 Å². The van der Waals surface area contributed by atoms with Gasteiger partial charge in [0.2, 0.25) is 0 Å². The van der Waals surface area contributed by atoms with Crippen molar-refractivity contribution in [2.24, 2.45) is 0 Å². The van der Waals surface area contributed by atoms with Crippen LogP contribution in [-0.2, 0) is 6.54 Å². The first kappa shape index (κ1) is 18.5. The Labute approximate surface area is 152 Å². The van der Waals surface area contributed by atoms with Gasteiger partial charge in [-0.3, -0.25) is 4.79 Å². The molecule has 0 atom stereocenters. The molecule has 0 bridgehead atoms. The first-order valence-electron chi connectivity index (χ1n) is 7.76. The molecule has 0 spiro atoms. The summed E-state index contributed by atoms with van der Waals surface area (Å²) in [5, 5.41) is 6.10. The van der Waals surface area contributed by atoms with Crippen LogP contribution in [-0.4, -0.2) is 30.4 Å². The van der Waals surface area contributed by atoms with Gasteiger partial charge in [0.05, 0.1) is 0 Å². The van der Waals surface area contributed by atoms with Crippen LogP contribution in [0.25, 0.3) is 0 Å². The Balaban J connectivity index is 1.94. The van der Waals surface area contributed by atoms with Crippen LogP contribution in [0.1, 0.15) is 15.9 Å². The number of urea groups is 1. The lowest BCUT2D eigenvalue weighted by Gasteiger charge is -2.18. The molecule has 6 heteroatoms. The van der Waals surface area contributed by atoms with Gasteiger partial charge < -0.3 is 15.5 Å². The van der Waals surface area contributed by atoms with Crippen LogP contribution in [0, 0.1) is 0 Å². The second-order valence-corrected chi connectivity index (χ2v) is 5.86. The van der Waals surface area contributed by atoms with Crippen molar-refractivity contribution in [2.45, 2.75) is 6.54 Å². The summed E-state index contributed by atoms with van der Waals surface area (Å²) in [6, 6.07) is 13.8. The number of halogens is 1. The van der Waals surface area contributed by atoms with Crippen LogP contribution < -0.4 is 10.6 Å². The van der Waals surface area contributed by atoms with Crippen molar-refractivity contribution in [3.63, 3.8) is 0 Å². The largest absolute Gasteiger partial charge is 0.349 e. The van der Waals surface area contributed by atoms with Crippen molar-refractivity contribution in [1.29, 1.82) is 0 Å². The Hall–Kier alpha value is -2.79. The lowest BCUT2D eigenvalue weighted by atomic mass is 10.2. The second kappa shape index (κ2) is 8.89. The number of hydrogen-bond donors (Lipinski definition) is 2. The van der Waals surface area contributed by atoms with E-state index in [1.54, 1.807) is 43.5 Å². The van der Waals surface area contributed by atoms with E-state index in [9.17, 15) is 9.59 Å². The van der Waals surface area contributed by atoms with Crippen molar-refractivity contribution in [3.8, 4) is 0 Å². The van der Waals surface area contributed by atoms with Gasteiger partial charge in [0, 0.05) is 36.4 Å². The third-order valence-electron chi connectivity index (χ3n) is 3.52. The number of carbonyl (C=O) groups is 2. The average molecular weight is 358 g/mol. The fraction of sp³-hybridized carbons (Fsp3) is 0.158. The molecule has 2 aromatic rings. The van der Waals surface area contributed by atoms with Gasteiger partial charge in [-0.15, -0.1) is 6.58 Å². The molecule has 130 valence electrons. The van der Waals surface area contributed by atoms with Gasteiger partial charge in [0.15, 0.2) is 0 Å². The number of nitrogens with one attached hydrogen (secondary N) is 2. The number of hydrogen-bond acceptors (Lipinski definition) is 2. The third kappa shape index (κ3) is 5.36. The van der Waals surface area contributed by atoms with E-state index in [0.29, 0.717) is 29.4 Å². The fourth-order valence-electron chi connectivity index (χ4n) is 2.14. The van der Waals surface area contributed by atoms with Crippen molar-refractivity contribution in [1.82, 2.24) is 10.2 Å². The standard InChI is InChI=1S/C19H20ClN3O2/c1-3-12-21-18(24)14-8-10-16(11-9-14)22-19(25)23(2)13-15-6-4-5-7-17(15)20/h3-11H,1,12-13H2,2H3,(H,21,24)(H,22,25). The number of carbonyl (C=O) groups excluding carboxylic acids is 2. The summed E-state index contributed by atoms with van der Waals surface area (Å²) in [6.07, 6.45) is 1.61.